The van der Waals surface area contributed by atoms with E-state index < -0.39 is 5.91 Å². The number of pyridine rings is 1. The fraction of sp³-hybridized carbons (Fsp3) is 0.333. The molecule has 5 heteroatoms. The van der Waals surface area contributed by atoms with Crippen LogP contribution in [0.3, 0.4) is 0 Å². The van der Waals surface area contributed by atoms with Crippen molar-refractivity contribution in [3.63, 3.8) is 0 Å². The summed E-state index contributed by atoms with van der Waals surface area (Å²) >= 11 is 0. The highest BCUT2D eigenvalue weighted by Crippen LogP contribution is 2.28. The number of carbonyl (C=O) groups is 1. The topological polar surface area (TPSA) is 71.2 Å². The van der Waals surface area contributed by atoms with Crippen LogP contribution < -0.4 is 11.1 Å². The third-order valence-electron chi connectivity index (χ3n) is 5.60. The molecule has 2 aromatic carbocycles. The summed E-state index contributed by atoms with van der Waals surface area (Å²) in [6, 6.07) is 17.6. The first kappa shape index (κ1) is 19.4. The molecular formula is C24H28N4O. The lowest BCUT2D eigenvalue weighted by molar-refractivity contribution is 0.100. The minimum atomic E-state index is -0.418. The number of nitrogens with zero attached hydrogens (tertiary/aromatic N) is 2. The predicted octanol–water partition coefficient (Wildman–Crippen LogP) is 4.29. The molecule has 2 heterocycles. The van der Waals surface area contributed by atoms with Gasteiger partial charge in [-0.2, -0.15) is 0 Å². The normalized spacial score (nSPS) is 14.8. The number of nitrogens with two attached hydrogens (primary N) is 1. The number of amides is 1. The van der Waals surface area contributed by atoms with Gasteiger partial charge in [-0.3, -0.25) is 4.79 Å². The van der Waals surface area contributed by atoms with Crippen LogP contribution in [0.1, 0.15) is 36.0 Å². The molecule has 1 saturated heterocycles. The van der Waals surface area contributed by atoms with Crippen LogP contribution in [0.5, 0.6) is 0 Å². The van der Waals surface area contributed by atoms with E-state index in [0.29, 0.717) is 5.56 Å². The lowest BCUT2D eigenvalue weighted by Crippen LogP contribution is -2.31. The predicted molar refractivity (Wildman–Crippen MR) is 119 cm³/mol. The third-order valence-corrected chi connectivity index (χ3v) is 5.60. The van der Waals surface area contributed by atoms with Crippen molar-refractivity contribution in [1.29, 1.82) is 0 Å². The summed E-state index contributed by atoms with van der Waals surface area (Å²) in [5, 5.41) is 4.75. The van der Waals surface area contributed by atoms with Crippen molar-refractivity contribution in [2.45, 2.75) is 25.7 Å². The highest BCUT2D eigenvalue weighted by molar-refractivity contribution is 5.95. The second-order valence-corrected chi connectivity index (χ2v) is 7.70. The number of hydrogen-bond donors (Lipinski definition) is 2. The molecule has 1 aliphatic heterocycles. The van der Waals surface area contributed by atoms with Gasteiger partial charge in [-0.15, -0.1) is 0 Å². The number of benzene rings is 2. The number of likely N-dealkylation sites (tertiary alicyclic amines) is 1. The molecule has 4 rings (SSSR count). The first-order valence-corrected chi connectivity index (χ1v) is 10.5. The SMILES string of the molecule is NC(=O)c1ccc(-c2cc(NCCCN3CCCCC3)c3ccccc3n2)cc1. The van der Waals surface area contributed by atoms with Crippen LogP contribution in [-0.2, 0) is 0 Å². The number of aromatic nitrogens is 1. The highest BCUT2D eigenvalue weighted by Gasteiger charge is 2.11. The molecule has 0 radical (unpaired) electrons. The first-order chi connectivity index (χ1) is 14.2. The molecule has 0 unspecified atom stereocenters. The highest BCUT2D eigenvalue weighted by atomic mass is 16.1. The summed E-state index contributed by atoms with van der Waals surface area (Å²) in [6.07, 6.45) is 5.17. The Morgan fingerprint density at radius 3 is 2.55 bits per heavy atom. The second kappa shape index (κ2) is 9.05. The molecule has 1 amide bonds. The van der Waals surface area contributed by atoms with Gasteiger partial charge in [0, 0.05) is 28.7 Å². The van der Waals surface area contributed by atoms with Crippen molar-refractivity contribution in [3.8, 4) is 11.3 Å². The summed E-state index contributed by atoms with van der Waals surface area (Å²) < 4.78 is 0. The molecule has 3 N–H and O–H groups in total. The van der Waals surface area contributed by atoms with Crippen LogP contribution in [0.4, 0.5) is 5.69 Å². The molecule has 3 aromatic rings. The van der Waals surface area contributed by atoms with Crippen LogP contribution in [0.2, 0.25) is 0 Å². The number of primary amides is 1. The van der Waals surface area contributed by atoms with Crippen molar-refractivity contribution < 1.29 is 4.79 Å². The van der Waals surface area contributed by atoms with E-state index in [-0.39, 0.29) is 0 Å². The Morgan fingerprint density at radius 1 is 1.03 bits per heavy atom. The third kappa shape index (κ3) is 4.74. The largest absolute Gasteiger partial charge is 0.384 e. The molecule has 0 saturated carbocycles. The molecule has 5 nitrogen and oxygen atoms in total. The fourth-order valence-electron chi connectivity index (χ4n) is 3.98. The number of fused-ring (bicyclic) bond motifs is 1. The smallest absolute Gasteiger partial charge is 0.248 e. The van der Waals surface area contributed by atoms with Gasteiger partial charge in [0.05, 0.1) is 11.2 Å². The molecule has 150 valence electrons. The molecular weight excluding hydrogens is 360 g/mol. The van der Waals surface area contributed by atoms with Crippen LogP contribution in [0, 0.1) is 0 Å². The van der Waals surface area contributed by atoms with Gasteiger partial charge in [-0.1, -0.05) is 36.8 Å². The van der Waals surface area contributed by atoms with E-state index in [2.05, 4.69) is 22.3 Å². The zero-order valence-electron chi connectivity index (χ0n) is 16.7. The fourth-order valence-corrected chi connectivity index (χ4v) is 3.98. The quantitative estimate of drug-likeness (QED) is 0.593. The van der Waals surface area contributed by atoms with E-state index in [1.165, 1.54) is 32.4 Å². The van der Waals surface area contributed by atoms with Crippen LogP contribution >= 0.6 is 0 Å². The van der Waals surface area contributed by atoms with Crippen molar-refractivity contribution >= 4 is 22.5 Å². The van der Waals surface area contributed by atoms with Gasteiger partial charge in [0.1, 0.15) is 0 Å². The number of hydrogen-bond acceptors (Lipinski definition) is 4. The Balaban J connectivity index is 1.51. The van der Waals surface area contributed by atoms with E-state index in [4.69, 9.17) is 10.7 Å². The van der Waals surface area contributed by atoms with E-state index in [9.17, 15) is 4.79 Å². The van der Waals surface area contributed by atoms with Gasteiger partial charge >= 0.3 is 0 Å². The van der Waals surface area contributed by atoms with Gasteiger partial charge in [0.2, 0.25) is 5.91 Å². The Labute approximate surface area is 171 Å². The first-order valence-electron chi connectivity index (χ1n) is 10.5. The van der Waals surface area contributed by atoms with E-state index >= 15 is 0 Å². The molecule has 0 aliphatic carbocycles. The lowest BCUT2D eigenvalue weighted by atomic mass is 10.1. The summed E-state index contributed by atoms with van der Waals surface area (Å²) in [6.45, 7) is 4.56. The molecule has 1 fully saturated rings. The summed E-state index contributed by atoms with van der Waals surface area (Å²) in [5.41, 5.74) is 9.78. The number of para-hydroxylation sites is 1. The van der Waals surface area contributed by atoms with Crippen LogP contribution in [0.25, 0.3) is 22.2 Å². The average molecular weight is 389 g/mol. The molecule has 0 spiro atoms. The summed E-state index contributed by atoms with van der Waals surface area (Å²) in [4.78, 5) is 18.7. The minimum absolute atomic E-state index is 0.418. The van der Waals surface area contributed by atoms with E-state index in [1.54, 1.807) is 12.1 Å². The Kier molecular flexibility index (Phi) is 6.06. The number of rotatable bonds is 7. The Bertz CT molecular complexity index is 978. The number of nitrogens with one attached hydrogen (secondary N) is 1. The Hall–Kier alpha value is -2.92. The molecule has 29 heavy (non-hydrogen) atoms. The zero-order valence-corrected chi connectivity index (χ0v) is 16.7. The summed E-state index contributed by atoms with van der Waals surface area (Å²) in [5.74, 6) is -0.418. The molecule has 0 atom stereocenters. The van der Waals surface area contributed by atoms with Crippen molar-refractivity contribution in [2.75, 3.05) is 31.5 Å². The second-order valence-electron chi connectivity index (χ2n) is 7.70. The van der Waals surface area contributed by atoms with Gasteiger partial charge in [-0.05, 0) is 63.2 Å². The monoisotopic (exact) mass is 388 g/mol. The maximum atomic E-state index is 11.3. The van der Waals surface area contributed by atoms with Gasteiger partial charge in [0.25, 0.3) is 0 Å². The van der Waals surface area contributed by atoms with Crippen molar-refractivity contribution in [2.24, 2.45) is 5.73 Å². The minimum Gasteiger partial charge on any atom is -0.384 e. The van der Waals surface area contributed by atoms with E-state index in [1.807, 2.05) is 30.3 Å². The average Bonchev–Trinajstić information content (AvgIpc) is 2.77. The van der Waals surface area contributed by atoms with Crippen molar-refractivity contribution in [3.05, 3.63) is 60.2 Å². The molecule has 1 aliphatic rings. The molecule has 1 aromatic heterocycles. The van der Waals surface area contributed by atoms with Crippen molar-refractivity contribution in [1.82, 2.24) is 9.88 Å². The number of carbonyl (C=O) groups excluding carboxylic acids is 1. The van der Waals surface area contributed by atoms with Gasteiger partial charge in [0.15, 0.2) is 0 Å². The lowest BCUT2D eigenvalue weighted by Gasteiger charge is -2.26. The van der Waals surface area contributed by atoms with Crippen LogP contribution in [0.15, 0.2) is 54.6 Å². The Morgan fingerprint density at radius 2 is 1.79 bits per heavy atom. The maximum absolute atomic E-state index is 11.3. The number of anilines is 1. The van der Waals surface area contributed by atoms with Gasteiger partial charge in [-0.25, -0.2) is 4.98 Å². The van der Waals surface area contributed by atoms with Gasteiger partial charge < -0.3 is 16.0 Å². The number of piperidine rings is 1. The maximum Gasteiger partial charge on any atom is 0.248 e. The van der Waals surface area contributed by atoms with E-state index in [0.717, 1.165) is 47.4 Å². The van der Waals surface area contributed by atoms with Crippen LogP contribution in [-0.4, -0.2) is 42.0 Å². The zero-order chi connectivity index (χ0) is 20.1. The summed E-state index contributed by atoms with van der Waals surface area (Å²) in [7, 11) is 0. The standard InChI is InChI=1S/C24H28N4O/c25-24(29)19-11-9-18(10-12-19)22-17-23(20-7-2-3-8-21(20)27-22)26-13-6-16-28-14-4-1-5-15-28/h2-3,7-12,17H,1,4-6,13-16H2,(H2,25,29)(H,26,27). The molecule has 0 bridgehead atoms.